The fraction of sp³-hybridized carbons (Fsp3) is 0.438. The maximum atomic E-state index is 14.3. The van der Waals surface area contributed by atoms with Crippen molar-refractivity contribution in [2.24, 2.45) is 5.92 Å². The van der Waals surface area contributed by atoms with Crippen LogP contribution in [-0.4, -0.2) is 18.6 Å². The Bertz CT molecular complexity index is 620. The summed E-state index contributed by atoms with van der Waals surface area (Å²) in [6.45, 7) is 0.881. The van der Waals surface area contributed by atoms with Gasteiger partial charge in [0, 0.05) is 30.9 Å². The number of aromatic nitrogens is 1. The number of nitrogens with two attached hydrogens (primary N) is 1. The van der Waals surface area contributed by atoms with Crippen molar-refractivity contribution < 1.29 is 4.39 Å². The number of anilines is 2. The third kappa shape index (κ3) is 2.30. The Labute approximate surface area is 118 Å². The maximum Gasteiger partial charge on any atom is 0.150 e. The molecular weight excluding hydrogens is 253 g/mol. The Morgan fingerprint density at radius 2 is 2.15 bits per heavy atom. The van der Waals surface area contributed by atoms with Crippen molar-refractivity contribution in [2.75, 3.05) is 24.2 Å². The highest BCUT2D eigenvalue weighted by Gasteiger charge is 2.21. The topological polar surface area (TPSA) is 42.1 Å². The van der Waals surface area contributed by atoms with Crippen LogP contribution in [0.15, 0.2) is 24.4 Å². The molecule has 0 unspecified atom stereocenters. The molecule has 0 saturated heterocycles. The minimum atomic E-state index is -0.283. The van der Waals surface area contributed by atoms with E-state index in [0.29, 0.717) is 22.8 Å². The van der Waals surface area contributed by atoms with Crippen molar-refractivity contribution >= 4 is 22.3 Å². The van der Waals surface area contributed by atoms with Gasteiger partial charge < -0.3 is 10.6 Å². The van der Waals surface area contributed by atoms with E-state index in [2.05, 4.69) is 4.98 Å². The first-order valence-electron chi connectivity index (χ1n) is 7.20. The Morgan fingerprint density at radius 1 is 1.40 bits per heavy atom. The molecular formula is C16H20FN3. The lowest BCUT2D eigenvalue weighted by atomic mass is 10.1. The standard InChI is InChI=1S/C16H20FN3/c1-20(10-11-5-2-3-6-11)16-13(17)9-14(18)12-7-4-8-19-15(12)16/h4,7-9,11H,2-3,5-6,10,18H2,1H3. The summed E-state index contributed by atoms with van der Waals surface area (Å²) in [5, 5.41) is 0.821. The molecule has 0 spiro atoms. The molecule has 106 valence electrons. The molecule has 0 atom stereocenters. The second-order valence-electron chi connectivity index (χ2n) is 5.73. The van der Waals surface area contributed by atoms with Crippen molar-refractivity contribution in [1.29, 1.82) is 0 Å². The van der Waals surface area contributed by atoms with Crippen LogP contribution >= 0.6 is 0 Å². The number of fused-ring (bicyclic) bond motifs is 1. The number of pyridine rings is 1. The monoisotopic (exact) mass is 273 g/mol. The lowest BCUT2D eigenvalue weighted by Crippen LogP contribution is -2.25. The summed E-state index contributed by atoms with van der Waals surface area (Å²) in [5.41, 5.74) is 7.57. The summed E-state index contributed by atoms with van der Waals surface area (Å²) in [4.78, 5) is 6.34. The van der Waals surface area contributed by atoms with Crippen molar-refractivity contribution in [3.05, 3.63) is 30.2 Å². The zero-order chi connectivity index (χ0) is 14.1. The molecule has 1 heterocycles. The van der Waals surface area contributed by atoms with Crippen molar-refractivity contribution in [1.82, 2.24) is 4.98 Å². The normalized spacial score (nSPS) is 15.9. The van der Waals surface area contributed by atoms with Gasteiger partial charge in [0.15, 0.2) is 5.82 Å². The van der Waals surface area contributed by atoms with Gasteiger partial charge in [-0.15, -0.1) is 0 Å². The van der Waals surface area contributed by atoms with Gasteiger partial charge in [0.2, 0.25) is 0 Å². The van der Waals surface area contributed by atoms with E-state index >= 15 is 0 Å². The first kappa shape index (κ1) is 13.2. The maximum absolute atomic E-state index is 14.3. The fourth-order valence-corrected chi connectivity index (χ4v) is 3.26. The smallest absolute Gasteiger partial charge is 0.150 e. The molecule has 1 aromatic heterocycles. The zero-order valence-electron chi connectivity index (χ0n) is 11.8. The van der Waals surface area contributed by atoms with Crippen LogP contribution in [0.4, 0.5) is 15.8 Å². The lowest BCUT2D eigenvalue weighted by Gasteiger charge is -2.24. The Balaban J connectivity index is 2.01. The summed E-state index contributed by atoms with van der Waals surface area (Å²) >= 11 is 0. The second kappa shape index (κ2) is 5.27. The van der Waals surface area contributed by atoms with Crippen molar-refractivity contribution in [3.8, 4) is 0 Å². The molecule has 1 aliphatic carbocycles. The van der Waals surface area contributed by atoms with Crippen molar-refractivity contribution in [3.63, 3.8) is 0 Å². The van der Waals surface area contributed by atoms with Crippen LogP contribution in [0.25, 0.3) is 10.9 Å². The van der Waals surface area contributed by atoms with Gasteiger partial charge in [0.25, 0.3) is 0 Å². The molecule has 1 aromatic carbocycles. The van der Waals surface area contributed by atoms with Gasteiger partial charge in [-0.2, -0.15) is 0 Å². The van der Waals surface area contributed by atoms with Crippen molar-refractivity contribution in [2.45, 2.75) is 25.7 Å². The number of benzene rings is 1. The fourth-order valence-electron chi connectivity index (χ4n) is 3.26. The van der Waals surface area contributed by atoms with Crippen LogP contribution < -0.4 is 10.6 Å². The van der Waals surface area contributed by atoms with E-state index in [0.717, 1.165) is 11.9 Å². The predicted molar refractivity (Wildman–Crippen MR) is 81.3 cm³/mol. The molecule has 1 aliphatic rings. The second-order valence-corrected chi connectivity index (χ2v) is 5.73. The quantitative estimate of drug-likeness (QED) is 0.869. The molecule has 0 amide bonds. The predicted octanol–water partition coefficient (Wildman–Crippen LogP) is 3.58. The van der Waals surface area contributed by atoms with Crippen LogP contribution in [0.5, 0.6) is 0 Å². The van der Waals surface area contributed by atoms with E-state index in [-0.39, 0.29) is 5.82 Å². The van der Waals surface area contributed by atoms with Crippen LogP contribution in [-0.2, 0) is 0 Å². The van der Waals surface area contributed by atoms with Crippen LogP contribution in [0.3, 0.4) is 0 Å². The largest absolute Gasteiger partial charge is 0.398 e. The van der Waals surface area contributed by atoms with E-state index < -0.39 is 0 Å². The van der Waals surface area contributed by atoms with Gasteiger partial charge >= 0.3 is 0 Å². The van der Waals surface area contributed by atoms with Crippen LogP contribution in [0.1, 0.15) is 25.7 Å². The summed E-state index contributed by atoms with van der Waals surface area (Å²) in [7, 11) is 1.95. The molecule has 1 fully saturated rings. The Morgan fingerprint density at radius 3 is 2.90 bits per heavy atom. The first-order chi connectivity index (χ1) is 9.66. The van der Waals surface area contributed by atoms with E-state index in [4.69, 9.17) is 5.73 Å². The molecule has 3 nitrogen and oxygen atoms in total. The molecule has 2 aromatic rings. The molecule has 0 bridgehead atoms. The highest BCUT2D eigenvalue weighted by atomic mass is 19.1. The summed E-state index contributed by atoms with van der Waals surface area (Å²) < 4.78 is 14.3. The number of hydrogen-bond acceptors (Lipinski definition) is 3. The number of nitrogens with zero attached hydrogens (tertiary/aromatic N) is 2. The zero-order valence-corrected chi connectivity index (χ0v) is 11.8. The molecule has 3 rings (SSSR count). The minimum Gasteiger partial charge on any atom is -0.398 e. The molecule has 4 heteroatoms. The summed E-state index contributed by atoms with van der Waals surface area (Å²) in [5.74, 6) is 0.380. The summed E-state index contributed by atoms with van der Waals surface area (Å²) in [6.07, 6.45) is 6.76. The molecule has 2 N–H and O–H groups in total. The van der Waals surface area contributed by atoms with Gasteiger partial charge in [0.1, 0.15) is 0 Å². The average molecular weight is 273 g/mol. The van der Waals surface area contributed by atoms with E-state index in [1.54, 1.807) is 6.20 Å². The molecule has 1 saturated carbocycles. The SMILES string of the molecule is CN(CC1CCCC1)c1c(F)cc(N)c2cccnc12. The van der Waals surface area contributed by atoms with E-state index in [9.17, 15) is 4.39 Å². The number of nitrogen functional groups attached to an aromatic ring is 1. The number of hydrogen-bond donors (Lipinski definition) is 1. The van der Waals surface area contributed by atoms with Gasteiger partial charge in [-0.05, 0) is 37.0 Å². The lowest BCUT2D eigenvalue weighted by molar-refractivity contribution is 0.540. The number of rotatable bonds is 3. The van der Waals surface area contributed by atoms with Gasteiger partial charge in [-0.1, -0.05) is 12.8 Å². The van der Waals surface area contributed by atoms with Gasteiger partial charge in [-0.3, -0.25) is 4.98 Å². The first-order valence-corrected chi connectivity index (χ1v) is 7.20. The third-order valence-corrected chi connectivity index (χ3v) is 4.24. The highest BCUT2D eigenvalue weighted by Crippen LogP contribution is 2.34. The van der Waals surface area contributed by atoms with Gasteiger partial charge in [-0.25, -0.2) is 4.39 Å². The van der Waals surface area contributed by atoms with Gasteiger partial charge in [0.05, 0.1) is 11.2 Å². The Hall–Kier alpha value is -1.84. The van der Waals surface area contributed by atoms with E-state index in [1.807, 2.05) is 24.1 Å². The third-order valence-electron chi connectivity index (χ3n) is 4.24. The molecule has 20 heavy (non-hydrogen) atoms. The Kier molecular flexibility index (Phi) is 3.47. The van der Waals surface area contributed by atoms with Crippen LogP contribution in [0.2, 0.25) is 0 Å². The summed E-state index contributed by atoms with van der Waals surface area (Å²) in [6, 6.07) is 5.13. The highest BCUT2D eigenvalue weighted by molar-refractivity contribution is 5.98. The molecule has 0 radical (unpaired) electrons. The average Bonchev–Trinajstić information content (AvgIpc) is 2.91. The van der Waals surface area contributed by atoms with Crippen LogP contribution in [0, 0.1) is 11.7 Å². The van der Waals surface area contributed by atoms with E-state index in [1.165, 1.54) is 31.7 Å². The number of halogens is 1. The minimum absolute atomic E-state index is 0.283. The molecule has 0 aliphatic heterocycles.